The number of anilines is 2. The van der Waals surface area contributed by atoms with Crippen LogP contribution in [0.2, 0.25) is 0 Å². The second kappa shape index (κ2) is 11.1. The summed E-state index contributed by atoms with van der Waals surface area (Å²) >= 11 is 0. The molecule has 0 aliphatic heterocycles. The lowest BCUT2D eigenvalue weighted by Gasteiger charge is -2.24. The fourth-order valence-corrected chi connectivity index (χ4v) is 4.70. The van der Waals surface area contributed by atoms with Gasteiger partial charge in [-0.2, -0.15) is 0 Å². The van der Waals surface area contributed by atoms with E-state index in [0.29, 0.717) is 29.5 Å². The Bertz CT molecular complexity index is 1210. The maximum absolute atomic E-state index is 13.6. The second-order valence-electron chi connectivity index (χ2n) is 7.96. The SMILES string of the molecule is CCOc1ccc(S(=O)(=O)N(CC(=O)Nc2ccccc2OC(C)C)c2ccc(C)cc2)cc1. The molecule has 0 bridgehead atoms. The number of sulfonamides is 1. The summed E-state index contributed by atoms with van der Waals surface area (Å²) in [5.74, 6) is 0.597. The molecule has 8 heteroatoms. The molecule has 3 aromatic rings. The quantitative estimate of drug-likeness (QED) is 0.439. The fraction of sp³-hybridized carbons (Fsp3) is 0.269. The number of benzene rings is 3. The Morgan fingerprint density at radius 2 is 1.62 bits per heavy atom. The van der Waals surface area contributed by atoms with Crippen molar-refractivity contribution in [1.29, 1.82) is 0 Å². The molecule has 1 N–H and O–H groups in total. The summed E-state index contributed by atoms with van der Waals surface area (Å²) in [7, 11) is -4.03. The first-order valence-electron chi connectivity index (χ1n) is 11.1. The van der Waals surface area contributed by atoms with Gasteiger partial charge in [0.15, 0.2) is 0 Å². The summed E-state index contributed by atoms with van der Waals surface area (Å²) in [6, 6.07) is 20.2. The van der Waals surface area contributed by atoms with Gasteiger partial charge < -0.3 is 14.8 Å². The lowest BCUT2D eigenvalue weighted by Crippen LogP contribution is -2.38. The van der Waals surface area contributed by atoms with Crippen molar-refractivity contribution in [1.82, 2.24) is 0 Å². The lowest BCUT2D eigenvalue weighted by molar-refractivity contribution is -0.114. The maximum atomic E-state index is 13.6. The van der Waals surface area contributed by atoms with Crippen molar-refractivity contribution in [3.63, 3.8) is 0 Å². The van der Waals surface area contributed by atoms with Gasteiger partial charge in [0.2, 0.25) is 5.91 Å². The molecular formula is C26H30N2O5S. The minimum atomic E-state index is -4.03. The molecule has 0 spiro atoms. The molecule has 7 nitrogen and oxygen atoms in total. The Balaban J connectivity index is 1.91. The Hall–Kier alpha value is -3.52. The number of aryl methyl sites for hydroxylation is 1. The molecule has 0 radical (unpaired) electrons. The van der Waals surface area contributed by atoms with Gasteiger partial charge in [-0.25, -0.2) is 8.42 Å². The topological polar surface area (TPSA) is 84.9 Å². The van der Waals surface area contributed by atoms with Gasteiger partial charge in [0.25, 0.3) is 10.0 Å². The molecular weight excluding hydrogens is 452 g/mol. The van der Waals surface area contributed by atoms with Gasteiger partial charge >= 0.3 is 0 Å². The van der Waals surface area contributed by atoms with Crippen LogP contribution >= 0.6 is 0 Å². The summed E-state index contributed by atoms with van der Waals surface area (Å²) in [6.45, 7) is 7.61. The second-order valence-corrected chi connectivity index (χ2v) is 9.82. The van der Waals surface area contributed by atoms with E-state index in [-0.39, 0.29) is 11.0 Å². The molecule has 34 heavy (non-hydrogen) atoms. The Morgan fingerprint density at radius 3 is 2.24 bits per heavy atom. The molecule has 0 heterocycles. The number of rotatable bonds is 10. The number of carbonyl (C=O) groups is 1. The highest BCUT2D eigenvalue weighted by molar-refractivity contribution is 7.92. The number of nitrogens with one attached hydrogen (secondary N) is 1. The van der Waals surface area contributed by atoms with Crippen molar-refractivity contribution in [2.75, 3.05) is 22.8 Å². The summed E-state index contributed by atoms with van der Waals surface area (Å²) < 4.78 is 39.4. The number of hydrogen-bond donors (Lipinski definition) is 1. The van der Waals surface area contributed by atoms with Crippen LogP contribution in [-0.2, 0) is 14.8 Å². The standard InChI is InChI=1S/C26H30N2O5S/c1-5-32-22-14-16-23(17-15-22)34(30,31)28(21-12-10-20(4)11-13-21)18-26(29)27-24-8-6-7-9-25(24)33-19(2)3/h6-17,19H,5,18H2,1-4H3,(H,27,29). The van der Waals surface area contributed by atoms with Gasteiger partial charge in [-0.3, -0.25) is 9.10 Å². The van der Waals surface area contributed by atoms with Crippen molar-refractivity contribution in [2.24, 2.45) is 0 Å². The van der Waals surface area contributed by atoms with E-state index in [2.05, 4.69) is 5.32 Å². The summed E-state index contributed by atoms with van der Waals surface area (Å²) in [6.07, 6.45) is -0.0813. The zero-order valence-electron chi connectivity index (χ0n) is 19.8. The van der Waals surface area contributed by atoms with E-state index in [1.807, 2.05) is 33.8 Å². The average Bonchev–Trinajstić information content (AvgIpc) is 2.80. The van der Waals surface area contributed by atoms with E-state index in [9.17, 15) is 13.2 Å². The van der Waals surface area contributed by atoms with Crippen LogP contribution in [0.5, 0.6) is 11.5 Å². The van der Waals surface area contributed by atoms with Crippen LogP contribution in [0.3, 0.4) is 0 Å². The molecule has 0 fully saturated rings. The van der Waals surface area contributed by atoms with Crippen LogP contribution in [0.1, 0.15) is 26.3 Å². The van der Waals surface area contributed by atoms with Gasteiger partial charge in [0, 0.05) is 0 Å². The van der Waals surface area contributed by atoms with E-state index >= 15 is 0 Å². The molecule has 0 saturated heterocycles. The van der Waals surface area contributed by atoms with Crippen molar-refractivity contribution >= 4 is 27.3 Å². The first-order chi connectivity index (χ1) is 16.2. The number of amides is 1. The minimum absolute atomic E-state index is 0.0628. The summed E-state index contributed by atoms with van der Waals surface area (Å²) in [5.41, 5.74) is 1.84. The Morgan fingerprint density at radius 1 is 0.971 bits per heavy atom. The Kier molecular flexibility index (Phi) is 8.17. The number of hydrogen-bond acceptors (Lipinski definition) is 5. The average molecular weight is 483 g/mol. The number of carbonyl (C=O) groups excluding carboxylic acids is 1. The molecule has 1 amide bonds. The van der Waals surface area contributed by atoms with Gasteiger partial charge in [-0.05, 0) is 76.2 Å². The van der Waals surface area contributed by atoms with Crippen molar-refractivity contribution < 1.29 is 22.7 Å². The smallest absolute Gasteiger partial charge is 0.264 e. The van der Waals surface area contributed by atoms with Crippen LogP contribution in [0.4, 0.5) is 11.4 Å². The molecule has 3 rings (SSSR count). The molecule has 0 aliphatic carbocycles. The van der Waals surface area contributed by atoms with Crippen LogP contribution in [0, 0.1) is 6.92 Å². The molecule has 180 valence electrons. The van der Waals surface area contributed by atoms with E-state index in [0.717, 1.165) is 9.87 Å². The van der Waals surface area contributed by atoms with Gasteiger partial charge in [-0.1, -0.05) is 29.8 Å². The third-order valence-corrected chi connectivity index (χ3v) is 6.64. The predicted octanol–water partition coefficient (Wildman–Crippen LogP) is 5.01. The van der Waals surface area contributed by atoms with Crippen molar-refractivity contribution in [3.05, 3.63) is 78.4 Å². The fourth-order valence-electron chi connectivity index (χ4n) is 3.27. The molecule has 0 aliphatic rings. The third kappa shape index (κ3) is 6.29. The monoisotopic (exact) mass is 482 g/mol. The summed E-state index contributed by atoms with van der Waals surface area (Å²) in [4.78, 5) is 13.1. The zero-order chi connectivity index (χ0) is 24.7. The normalized spacial score (nSPS) is 11.2. The Labute approximate surface area is 201 Å². The van der Waals surface area contributed by atoms with E-state index in [1.54, 1.807) is 54.6 Å². The highest BCUT2D eigenvalue weighted by Crippen LogP contribution is 2.27. The van der Waals surface area contributed by atoms with E-state index < -0.39 is 22.5 Å². The van der Waals surface area contributed by atoms with Gasteiger partial charge in [0.05, 0.1) is 29.0 Å². The summed E-state index contributed by atoms with van der Waals surface area (Å²) in [5, 5.41) is 2.79. The van der Waals surface area contributed by atoms with Crippen molar-refractivity contribution in [2.45, 2.75) is 38.7 Å². The molecule has 0 aromatic heterocycles. The number of ether oxygens (including phenoxy) is 2. The lowest BCUT2D eigenvalue weighted by atomic mass is 10.2. The largest absolute Gasteiger partial charge is 0.494 e. The van der Waals surface area contributed by atoms with Crippen molar-refractivity contribution in [3.8, 4) is 11.5 Å². The van der Waals surface area contributed by atoms with Crippen LogP contribution in [0.25, 0.3) is 0 Å². The number of para-hydroxylation sites is 2. The molecule has 0 unspecified atom stereocenters. The van der Waals surface area contributed by atoms with E-state index in [4.69, 9.17) is 9.47 Å². The van der Waals surface area contributed by atoms with Crippen LogP contribution < -0.4 is 19.1 Å². The number of nitrogens with zero attached hydrogens (tertiary/aromatic N) is 1. The zero-order valence-corrected chi connectivity index (χ0v) is 20.6. The minimum Gasteiger partial charge on any atom is -0.494 e. The molecule has 3 aromatic carbocycles. The molecule has 0 saturated carbocycles. The highest BCUT2D eigenvalue weighted by atomic mass is 32.2. The van der Waals surface area contributed by atoms with Gasteiger partial charge in [0.1, 0.15) is 18.0 Å². The van der Waals surface area contributed by atoms with E-state index in [1.165, 1.54) is 12.1 Å². The maximum Gasteiger partial charge on any atom is 0.264 e. The highest BCUT2D eigenvalue weighted by Gasteiger charge is 2.27. The van der Waals surface area contributed by atoms with Crippen LogP contribution in [0.15, 0.2) is 77.7 Å². The third-order valence-electron chi connectivity index (χ3n) is 4.86. The van der Waals surface area contributed by atoms with Gasteiger partial charge in [-0.15, -0.1) is 0 Å². The van der Waals surface area contributed by atoms with Crippen LogP contribution in [-0.4, -0.2) is 33.6 Å². The first kappa shape index (κ1) is 25.1. The first-order valence-corrected chi connectivity index (χ1v) is 12.5. The molecule has 0 atom stereocenters. The predicted molar refractivity (Wildman–Crippen MR) is 134 cm³/mol.